The van der Waals surface area contributed by atoms with E-state index in [9.17, 15) is 0 Å². The molecule has 154 valence electrons. The molecule has 5 nitrogen and oxygen atoms in total. The molecule has 2 fully saturated rings. The highest BCUT2D eigenvalue weighted by atomic mass is 16.6. The third-order valence-corrected chi connectivity index (χ3v) is 6.23. The van der Waals surface area contributed by atoms with Crippen molar-refractivity contribution in [2.45, 2.75) is 31.5 Å². The first kappa shape index (κ1) is 18.9. The summed E-state index contributed by atoms with van der Waals surface area (Å²) in [6, 6.07) is 17.5. The van der Waals surface area contributed by atoms with Crippen LogP contribution in [0.1, 0.15) is 30.0 Å². The van der Waals surface area contributed by atoms with E-state index in [2.05, 4.69) is 52.3 Å². The van der Waals surface area contributed by atoms with Gasteiger partial charge < -0.3 is 19.1 Å². The summed E-state index contributed by atoms with van der Waals surface area (Å²) >= 11 is 0. The highest BCUT2D eigenvalue weighted by molar-refractivity contribution is 5.43. The van der Waals surface area contributed by atoms with Crippen LogP contribution in [0.3, 0.4) is 0 Å². The molecule has 5 rings (SSSR count). The predicted molar refractivity (Wildman–Crippen MR) is 112 cm³/mol. The van der Waals surface area contributed by atoms with E-state index in [4.69, 9.17) is 14.2 Å². The molecule has 0 bridgehead atoms. The van der Waals surface area contributed by atoms with Gasteiger partial charge >= 0.3 is 0 Å². The molecule has 2 atom stereocenters. The van der Waals surface area contributed by atoms with E-state index in [0.717, 1.165) is 37.7 Å². The van der Waals surface area contributed by atoms with E-state index in [1.54, 1.807) is 0 Å². The third-order valence-electron chi connectivity index (χ3n) is 6.23. The number of ether oxygens (including phenoxy) is 3. The van der Waals surface area contributed by atoms with Gasteiger partial charge in [-0.2, -0.15) is 0 Å². The minimum atomic E-state index is 0.196. The molecule has 0 spiro atoms. The first-order chi connectivity index (χ1) is 14.4. The van der Waals surface area contributed by atoms with Crippen LogP contribution in [0.5, 0.6) is 11.5 Å². The molecule has 0 unspecified atom stereocenters. The number of morpholine rings is 1. The summed E-state index contributed by atoms with van der Waals surface area (Å²) in [5, 5.41) is 0. The van der Waals surface area contributed by atoms with Crippen LogP contribution >= 0.6 is 0 Å². The minimum Gasteiger partial charge on any atom is -0.486 e. The normalized spacial score (nSPS) is 25.2. The van der Waals surface area contributed by atoms with E-state index >= 15 is 0 Å². The molecule has 0 saturated carbocycles. The summed E-state index contributed by atoms with van der Waals surface area (Å²) < 4.78 is 17.8. The lowest BCUT2D eigenvalue weighted by molar-refractivity contribution is -0.0859. The molecule has 0 aromatic heterocycles. The van der Waals surface area contributed by atoms with Crippen molar-refractivity contribution in [1.82, 2.24) is 9.80 Å². The molecule has 2 saturated heterocycles. The molecule has 0 N–H and O–H groups in total. The number of benzene rings is 2. The summed E-state index contributed by atoms with van der Waals surface area (Å²) in [6.07, 6.45) is 2.81. The van der Waals surface area contributed by atoms with Crippen molar-refractivity contribution in [3.05, 3.63) is 59.7 Å². The number of nitrogens with zero attached hydrogens (tertiary/aromatic N) is 2. The maximum absolute atomic E-state index is 6.34. The van der Waals surface area contributed by atoms with E-state index in [1.807, 2.05) is 6.07 Å². The second kappa shape index (κ2) is 8.74. The Morgan fingerprint density at radius 3 is 2.45 bits per heavy atom. The van der Waals surface area contributed by atoms with Crippen molar-refractivity contribution in [2.75, 3.05) is 46.0 Å². The van der Waals surface area contributed by atoms with Crippen LogP contribution < -0.4 is 9.47 Å². The van der Waals surface area contributed by atoms with Crippen LogP contribution in [0.4, 0.5) is 0 Å². The Morgan fingerprint density at radius 2 is 1.62 bits per heavy atom. The lowest BCUT2D eigenvalue weighted by Crippen LogP contribution is -2.49. The van der Waals surface area contributed by atoms with Gasteiger partial charge in [-0.25, -0.2) is 0 Å². The first-order valence-corrected chi connectivity index (χ1v) is 10.9. The SMILES string of the molecule is c1ccc([C@H]2[C@H](CN3CCCC3)OCCN2Cc2ccc3c(c2)OCCO3)cc1. The van der Waals surface area contributed by atoms with E-state index in [-0.39, 0.29) is 12.1 Å². The molecule has 3 aliphatic heterocycles. The highest BCUT2D eigenvalue weighted by Crippen LogP contribution is 2.35. The second-order valence-corrected chi connectivity index (χ2v) is 8.22. The summed E-state index contributed by atoms with van der Waals surface area (Å²) in [6.45, 7) is 7.26. The van der Waals surface area contributed by atoms with Crippen LogP contribution in [0.2, 0.25) is 0 Å². The van der Waals surface area contributed by atoms with Gasteiger partial charge in [-0.05, 0) is 49.2 Å². The molecule has 0 radical (unpaired) electrons. The lowest BCUT2D eigenvalue weighted by Gasteiger charge is -2.43. The first-order valence-electron chi connectivity index (χ1n) is 10.9. The average molecular weight is 395 g/mol. The topological polar surface area (TPSA) is 34.2 Å². The Labute approximate surface area is 173 Å². The molecule has 0 aliphatic carbocycles. The number of hydrogen-bond donors (Lipinski definition) is 0. The van der Waals surface area contributed by atoms with Gasteiger partial charge in [-0.15, -0.1) is 0 Å². The maximum Gasteiger partial charge on any atom is 0.161 e. The fourth-order valence-corrected chi connectivity index (χ4v) is 4.83. The van der Waals surface area contributed by atoms with Gasteiger partial charge in [0, 0.05) is 19.6 Å². The molecule has 2 aromatic rings. The summed E-state index contributed by atoms with van der Waals surface area (Å²) in [5.74, 6) is 1.72. The van der Waals surface area contributed by atoms with E-state index in [0.29, 0.717) is 13.2 Å². The Bertz CT molecular complexity index is 807. The molecular weight excluding hydrogens is 364 g/mol. The molecule has 2 aromatic carbocycles. The largest absolute Gasteiger partial charge is 0.486 e. The Hall–Kier alpha value is -2.08. The quantitative estimate of drug-likeness (QED) is 0.776. The molecule has 3 heterocycles. The van der Waals surface area contributed by atoms with Crippen molar-refractivity contribution in [1.29, 1.82) is 0 Å². The fraction of sp³-hybridized carbons (Fsp3) is 0.500. The smallest absolute Gasteiger partial charge is 0.161 e. The highest BCUT2D eigenvalue weighted by Gasteiger charge is 2.35. The molecule has 5 heteroatoms. The van der Waals surface area contributed by atoms with E-state index in [1.165, 1.54) is 37.1 Å². The lowest BCUT2D eigenvalue weighted by atomic mass is 9.96. The zero-order chi connectivity index (χ0) is 19.5. The second-order valence-electron chi connectivity index (χ2n) is 8.22. The fourth-order valence-electron chi connectivity index (χ4n) is 4.83. The maximum atomic E-state index is 6.34. The van der Waals surface area contributed by atoms with Gasteiger partial charge in [0.05, 0.1) is 18.8 Å². The van der Waals surface area contributed by atoms with Crippen molar-refractivity contribution < 1.29 is 14.2 Å². The summed E-state index contributed by atoms with van der Waals surface area (Å²) in [5.41, 5.74) is 2.60. The molecular formula is C24H30N2O3. The van der Waals surface area contributed by atoms with Crippen molar-refractivity contribution in [2.24, 2.45) is 0 Å². The van der Waals surface area contributed by atoms with Crippen LogP contribution in [-0.2, 0) is 11.3 Å². The standard InChI is InChI=1S/C24H30N2O3/c1-2-6-20(7-3-1)24-23(18-25-10-4-5-11-25)27-13-12-26(24)17-19-8-9-21-22(16-19)29-15-14-28-21/h1-3,6-9,16,23-24H,4-5,10-15,17-18H2/t23-,24-/m0/s1. The van der Waals surface area contributed by atoms with E-state index < -0.39 is 0 Å². The van der Waals surface area contributed by atoms with Gasteiger partial charge in [0.1, 0.15) is 13.2 Å². The third kappa shape index (κ3) is 4.27. The van der Waals surface area contributed by atoms with Gasteiger partial charge in [0.15, 0.2) is 11.5 Å². The van der Waals surface area contributed by atoms with Crippen molar-refractivity contribution in [3.63, 3.8) is 0 Å². The Morgan fingerprint density at radius 1 is 0.828 bits per heavy atom. The summed E-state index contributed by atoms with van der Waals surface area (Å²) in [7, 11) is 0. The predicted octanol–water partition coefficient (Wildman–Crippen LogP) is 3.50. The number of rotatable bonds is 5. The summed E-state index contributed by atoms with van der Waals surface area (Å²) in [4.78, 5) is 5.14. The van der Waals surface area contributed by atoms with Crippen molar-refractivity contribution in [3.8, 4) is 11.5 Å². The van der Waals surface area contributed by atoms with Crippen LogP contribution in [0.25, 0.3) is 0 Å². The van der Waals surface area contributed by atoms with Crippen molar-refractivity contribution >= 4 is 0 Å². The van der Waals surface area contributed by atoms with Gasteiger partial charge in [-0.1, -0.05) is 36.4 Å². The monoisotopic (exact) mass is 394 g/mol. The van der Waals surface area contributed by atoms with Gasteiger partial charge in [-0.3, -0.25) is 4.90 Å². The molecule has 0 amide bonds. The molecule has 29 heavy (non-hydrogen) atoms. The average Bonchev–Trinajstić information content (AvgIpc) is 3.28. The van der Waals surface area contributed by atoms with Crippen LogP contribution in [0, 0.1) is 0 Å². The van der Waals surface area contributed by atoms with Crippen LogP contribution in [0.15, 0.2) is 48.5 Å². The van der Waals surface area contributed by atoms with Crippen LogP contribution in [-0.4, -0.2) is 61.9 Å². The van der Waals surface area contributed by atoms with Gasteiger partial charge in [0.2, 0.25) is 0 Å². The minimum absolute atomic E-state index is 0.196. The molecule has 3 aliphatic rings. The zero-order valence-corrected chi connectivity index (χ0v) is 17.0. The van der Waals surface area contributed by atoms with Gasteiger partial charge in [0.25, 0.3) is 0 Å². The number of fused-ring (bicyclic) bond motifs is 1. The number of likely N-dealkylation sites (tertiary alicyclic amines) is 1. The zero-order valence-electron chi connectivity index (χ0n) is 17.0. The number of hydrogen-bond acceptors (Lipinski definition) is 5. The Kier molecular flexibility index (Phi) is 5.70. The Balaban J connectivity index is 1.39.